The summed E-state index contributed by atoms with van der Waals surface area (Å²) in [7, 11) is 0. The second-order valence-corrected chi connectivity index (χ2v) is 6.00. The van der Waals surface area contributed by atoms with Crippen LogP contribution in [0, 0.1) is 5.41 Å². The first-order chi connectivity index (χ1) is 9.62. The van der Waals surface area contributed by atoms with Crippen LogP contribution in [0.15, 0.2) is 24.3 Å². The Kier molecular flexibility index (Phi) is 3.24. The molecule has 1 heterocycles. The summed E-state index contributed by atoms with van der Waals surface area (Å²) in [5.41, 5.74) is 6.51. The van der Waals surface area contributed by atoms with Gasteiger partial charge in [-0.3, -0.25) is 14.5 Å². The summed E-state index contributed by atoms with van der Waals surface area (Å²) >= 11 is 0. The van der Waals surface area contributed by atoms with Crippen LogP contribution in [0.2, 0.25) is 0 Å². The number of anilines is 2. The van der Waals surface area contributed by atoms with Crippen molar-refractivity contribution in [3.05, 3.63) is 24.3 Å². The molecule has 0 aromatic heterocycles. The number of carbonyl (C=O) groups is 2. The van der Waals surface area contributed by atoms with Crippen LogP contribution in [0.1, 0.15) is 44.9 Å². The predicted molar refractivity (Wildman–Crippen MR) is 78.1 cm³/mol. The fraction of sp³-hybridized carbons (Fsp3) is 0.500. The third kappa shape index (κ3) is 2.09. The van der Waals surface area contributed by atoms with Crippen molar-refractivity contribution < 1.29 is 9.59 Å². The summed E-state index contributed by atoms with van der Waals surface area (Å²) in [6.07, 6.45) is 6.52. The monoisotopic (exact) mass is 272 g/mol. The highest BCUT2D eigenvalue weighted by molar-refractivity contribution is 6.22. The molecule has 2 N–H and O–H groups in total. The molecule has 4 nitrogen and oxygen atoms in total. The standard InChI is InChI=1S/C16H20N2O2/c17-12-5-7-13(8-6-12)18-14(19)11-16(15(18)20)9-3-1-2-4-10-16/h5-8H,1-4,9-11,17H2. The average Bonchev–Trinajstić information content (AvgIpc) is 2.60. The molecule has 1 aromatic carbocycles. The van der Waals surface area contributed by atoms with Gasteiger partial charge in [0.2, 0.25) is 11.8 Å². The first kappa shape index (κ1) is 13.2. The molecule has 1 aromatic rings. The Balaban J connectivity index is 1.91. The van der Waals surface area contributed by atoms with Crippen molar-refractivity contribution in [2.75, 3.05) is 10.6 Å². The molecule has 1 saturated heterocycles. The lowest BCUT2D eigenvalue weighted by Gasteiger charge is -2.25. The fourth-order valence-electron chi connectivity index (χ4n) is 3.48. The van der Waals surface area contributed by atoms with E-state index in [0.29, 0.717) is 17.8 Å². The lowest BCUT2D eigenvalue weighted by Crippen LogP contribution is -2.35. The minimum Gasteiger partial charge on any atom is -0.399 e. The largest absolute Gasteiger partial charge is 0.399 e. The van der Waals surface area contributed by atoms with Gasteiger partial charge in [-0.25, -0.2) is 0 Å². The van der Waals surface area contributed by atoms with E-state index in [9.17, 15) is 9.59 Å². The highest BCUT2D eigenvalue weighted by Gasteiger charge is 2.51. The maximum Gasteiger partial charge on any atom is 0.240 e. The highest BCUT2D eigenvalue weighted by atomic mass is 16.2. The van der Waals surface area contributed by atoms with Gasteiger partial charge in [0.25, 0.3) is 0 Å². The maximum atomic E-state index is 12.8. The van der Waals surface area contributed by atoms with Crippen molar-refractivity contribution in [3.8, 4) is 0 Å². The molecule has 4 heteroatoms. The number of nitrogens with two attached hydrogens (primary N) is 1. The summed E-state index contributed by atoms with van der Waals surface area (Å²) in [6.45, 7) is 0. The number of benzene rings is 1. The molecule has 2 fully saturated rings. The predicted octanol–water partition coefficient (Wildman–Crippen LogP) is 2.87. The number of carbonyl (C=O) groups excluding carboxylic acids is 2. The molecule has 3 rings (SSSR count). The van der Waals surface area contributed by atoms with Crippen LogP contribution in [-0.2, 0) is 9.59 Å². The Hall–Kier alpha value is -1.84. The van der Waals surface area contributed by atoms with Crippen molar-refractivity contribution in [1.82, 2.24) is 0 Å². The zero-order valence-electron chi connectivity index (χ0n) is 11.6. The molecule has 0 atom stereocenters. The van der Waals surface area contributed by atoms with E-state index in [1.165, 1.54) is 17.7 Å². The molecule has 1 aliphatic heterocycles. The van der Waals surface area contributed by atoms with Gasteiger partial charge in [0.05, 0.1) is 11.1 Å². The third-order valence-corrected chi connectivity index (χ3v) is 4.61. The molecule has 2 aliphatic rings. The SMILES string of the molecule is Nc1ccc(N2C(=O)CC3(CCCCCC3)C2=O)cc1. The van der Waals surface area contributed by atoms with Gasteiger partial charge >= 0.3 is 0 Å². The van der Waals surface area contributed by atoms with Gasteiger partial charge in [-0.15, -0.1) is 0 Å². The van der Waals surface area contributed by atoms with E-state index in [1.54, 1.807) is 24.3 Å². The average molecular weight is 272 g/mol. The van der Waals surface area contributed by atoms with E-state index in [0.717, 1.165) is 25.7 Å². The van der Waals surface area contributed by atoms with Crippen molar-refractivity contribution in [1.29, 1.82) is 0 Å². The van der Waals surface area contributed by atoms with Crippen LogP contribution in [0.3, 0.4) is 0 Å². The van der Waals surface area contributed by atoms with E-state index in [-0.39, 0.29) is 11.8 Å². The summed E-state index contributed by atoms with van der Waals surface area (Å²) < 4.78 is 0. The molecular weight excluding hydrogens is 252 g/mol. The Bertz CT molecular complexity index is 528. The lowest BCUT2D eigenvalue weighted by molar-refractivity contribution is -0.126. The van der Waals surface area contributed by atoms with Gasteiger partial charge in [0.1, 0.15) is 0 Å². The van der Waals surface area contributed by atoms with Gasteiger partial charge in [-0.2, -0.15) is 0 Å². The lowest BCUT2D eigenvalue weighted by atomic mass is 9.79. The number of imide groups is 1. The van der Waals surface area contributed by atoms with Crippen molar-refractivity contribution in [2.45, 2.75) is 44.9 Å². The quantitative estimate of drug-likeness (QED) is 0.631. The van der Waals surface area contributed by atoms with E-state index in [1.807, 2.05) is 0 Å². The fourth-order valence-corrected chi connectivity index (χ4v) is 3.48. The van der Waals surface area contributed by atoms with Crippen LogP contribution in [-0.4, -0.2) is 11.8 Å². The molecule has 0 unspecified atom stereocenters. The van der Waals surface area contributed by atoms with Crippen molar-refractivity contribution >= 4 is 23.2 Å². The molecule has 0 bridgehead atoms. The molecule has 2 amide bonds. The summed E-state index contributed by atoms with van der Waals surface area (Å²) in [4.78, 5) is 26.5. The van der Waals surface area contributed by atoms with Crippen molar-refractivity contribution in [3.63, 3.8) is 0 Å². The molecule has 1 spiro atoms. The number of hydrogen-bond acceptors (Lipinski definition) is 3. The number of nitrogens with zero attached hydrogens (tertiary/aromatic N) is 1. The van der Waals surface area contributed by atoms with Gasteiger partial charge < -0.3 is 5.73 Å². The molecule has 1 aliphatic carbocycles. The Morgan fingerprint density at radius 3 is 2.15 bits per heavy atom. The molecule has 0 radical (unpaired) electrons. The Morgan fingerprint density at radius 2 is 1.55 bits per heavy atom. The zero-order valence-corrected chi connectivity index (χ0v) is 11.6. The van der Waals surface area contributed by atoms with Crippen LogP contribution in [0.4, 0.5) is 11.4 Å². The number of nitrogen functional groups attached to an aromatic ring is 1. The van der Waals surface area contributed by atoms with Crippen molar-refractivity contribution in [2.24, 2.45) is 5.41 Å². The van der Waals surface area contributed by atoms with Crippen LogP contribution in [0.5, 0.6) is 0 Å². The van der Waals surface area contributed by atoms with Gasteiger partial charge in [0, 0.05) is 12.1 Å². The van der Waals surface area contributed by atoms with Gasteiger partial charge in [-0.05, 0) is 37.1 Å². The first-order valence-electron chi connectivity index (χ1n) is 7.35. The first-order valence-corrected chi connectivity index (χ1v) is 7.35. The number of rotatable bonds is 1. The molecule has 106 valence electrons. The zero-order chi connectivity index (χ0) is 14.2. The molecule has 1 saturated carbocycles. The summed E-state index contributed by atoms with van der Waals surface area (Å²) in [6, 6.07) is 6.96. The summed E-state index contributed by atoms with van der Waals surface area (Å²) in [5.74, 6) is -0.0733. The smallest absolute Gasteiger partial charge is 0.240 e. The molecular formula is C16H20N2O2. The normalized spacial score (nSPS) is 22.3. The van der Waals surface area contributed by atoms with Gasteiger partial charge in [-0.1, -0.05) is 25.7 Å². The minimum absolute atomic E-state index is 0.00540. The third-order valence-electron chi connectivity index (χ3n) is 4.61. The van der Waals surface area contributed by atoms with E-state index in [4.69, 9.17) is 5.73 Å². The molecule has 20 heavy (non-hydrogen) atoms. The second-order valence-electron chi connectivity index (χ2n) is 6.00. The topological polar surface area (TPSA) is 63.4 Å². The minimum atomic E-state index is -0.436. The van der Waals surface area contributed by atoms with Crippen LogP contribution < -0.4 is 10.6 Å². The maximum absolute atomic E-state index is 12.8. The van der Waals surface area contributed by atoms with E-state index in [2.05, 4.69) is 0 Å². The second kappa shape index (κ2) is 4.93. The number of amides is 2. The number of hydrogen-bond donors (Lipinski definition) is 1. The van der Waals surface area contributed by atoms with Crippen LogP contribution in [0.25, 0.3) is 0 Å². The van der Waals surface area contributed by atoms with Gasteiger partial charge in [0.15, 0.2) is 0 Å². The van der Waals surface area contributed by atoms with E-state index >= 15 is 0 Å². The van der Waals surface area contributed by atoms with E-state index < -0.39 is 5.41 Å². The van der Waals surface area contributed by atoms with Crippen LogP contribution >= 0.6 is 0 Å². The highest BCUT2D eigenvalue weighted by Crippen LogP contribution is 2.45. The summed E-state index contributed by atoms with van der Waals surface area (Å²) in [5, 5.41) is 0. The Morgan fingerprint density at radius 1 is 0.950 bits per heavy atom. The Labute approximate surface area is 118 Å².